The summed E-state index contributed by atoms with van der Waals surface area (Å²) in [5.74, 6) is 0.230. The van der Waals surface area contributed by atoms with Gasteiger partial charge in [-0.3, -0.25) is 9.38 Å². The number of halogens is 1. The molecule has 0 spiro atoms. The summed E-state index contributed by atoms with van der Waals surface area (Å²) in [4.78, 5) is 25.0. The van der Waals surface area contributed by atoms with Crippen molar-refractivity contribution in [2.75, 3.05) is 17.7 Å². The van der Waals surface area contributed by atoms with Crippen LogP contribution in [0.25, 0.3) is 27.9 Å². The van der Waals surface area contributed by atoms with Gasteiger partial charge in [0, 0.05) is 43.3 Å². The maximum Gasteiger partial charge on any atom is 0.318 e. The van der Waals surface area contributed by atoms with Gasteiger partial charge in [-0.25, -0.2) is 19.2 Å². The zero-order valence-corrected chi connectivity index (χ0v) is 17.7. The van der Waals surface area contributed by atoms with Crippen LogP contribution in [-0.4, -0.2) is 32.4 Å². The van der Waals surface area contributed by atoms with Crippen LogP contribution in [0.2, 0.25) is 0 Å². The molecule has 0 radical (unpaired) electrons. The van der Waals surface area contributed by atoms with Crippen LogP contribution >= 0.6 is 0 Å². The molecular weight excluding hydrogens is 421 g/mol. The van der Waals surface area contributed by atoms with E-state index in [1.54, 1.807) is 43.8 Å². The molecule has 0 saturated heterocycles. The van der Waals surface area contributed by atoms with E-state index in [4.69, 9.17) is 0 Å². The number of hydrogen-bond donors (Lipinski definition) is 3. The quantitative estimate of drug-likeness (QED) is 0.375. The predicted octanol–water partition coefficient (Wildman–Crippen LogP) is 4.45. The Kier molecular flexibility index (Phi) is 5.27. The second-order valence-electron chi connectivity index (χ2n) is 7.39. The molecule has 0 aliphatic carbocycles. The van der Waals surface area contributed by atoms with E-state index in [9.17, 15) is 9.18 Å². The van der Waals surface area contributed by atoms with Crippen LogP contribution in [0.15, 0.2) is 73.2 Å². The van der Waals surface area contributed by atoms with E-state index in [2.05, 4.69) is 30.9 Å². The third-order valence-corrected chi connectivity index (χ3v) is 5.23. The number of benzene rings is 2. The molecule has 9 heteroatoms. The molecule has 0 atom stereocenters. The van der Waals surface area contributed by atoms with Gasteiger partial charge >= 0.3 is 6.03 Å². The topological polar surface area (TPSA) is 96.2 Å². The van der Waals surface area contributed by atoms with Crippen molar-refractivity contribution in [1.29, 1.82) is 0 Å². The highest BCUT2D eigenvalue weighted by Crippen LogP contribution is 2.29. The van der Waals surface area contributed by atoms with Gasteiger partial charge in [-0.2, -0.15) is 0 Å². The Morgan fingerprint density at radius 2 is 1.94 bits per heavy atom. The molecule has 0 fully saturated rings. The molecule has 5 aromatic rings. The smallest absolute Gasteiger partial charge is 0.318 e. The first-order valence-corrected chi connectivity index (χ1v) is 10.3. The Morgan fingerprint density at radius 3 is 2.70 bits per heavy atom. The number of pyridine rings is 1. The van der Waals surface area contributed by atoms with Crippen molar-refractivity contribution in [2.45, 2.75) is 6.54 Å². The van der Waals surface area contributed by atoms with E-state index >= 15 is 0 Å². The van der Waals surface area contributed by atoms with E-state index in [1.807, 2.05) is 28.7 Å². The van der Waals surface area contributed by atoms with Crippen molar-refractivity contribution in [3.05, 3.63) is 84.6 Å². The average molecular weight is 441 g/mol. The Hall–Kier alpha value is -4.53. The lowest BCUT2D eigenvalue weighted by molar-refractivity contribution is 0.254. The minimum atomic E-state index is -0.355. The summed E-state index contributed by atoms with van der Waals surface area (Å²) in [7, 11) is 1.56. The van der Waals surface area contributed by atoms with Crippen LogP contribution in [0, 0.1) is 5.82 Å². The number of nitrogens with one attached hydrogen (secondary N) is 3. The van der Waals surface area contributed by atoms with Crippen LogP contribution in [0.1, 0.15) is 5.56 Å². The van der Waals surface area contributed by atoms with Gasteiger partial charge in [0.25, 0.3) is 0 Å². The van der Waals surface area contributed by atoms with Gasteiger partial charge in [-0.05, 0) is 35.9 Å². The number of fused-ring (bicyclic) bond motifs is 3. The highest BCUT2D eigenvalue weighted by molar-refractivity contribution is 5.90. The SMILES string of the molecule is CNC(=O)Nc1ccc(-c2cnc3c(NCc4cccnc4)nc4ccc(F)cc4n23)cc1. The maximum atomic E-state index is 14.2. The third-order valence-electron chi connectivity index (χ3n) is 5.23. The Labute approximate surface area is 188 Å². The van der Waals surface area contributed by atoms with Gasteiger partial charge in [-0.1, -0.05) is 18.2 Å². The molecule has 0 aliphatic rings. The minimum absolute atomic E-state index is 0.297. The van der Waals surface area contributed by atoms with Gasteiger partial charge in [0.2, 0.25) is 0 Å². The summed E-state index contributed by atoms with van der Waals surface area (Å²) in [5.41, 5.74) is 5.12. The molecular formula is C24H20FN7O. The lowest BCUT2D eigenvalue weighted by atomic mass is 10.1. The molecule has 2 amide bonds. The maximum absolute atomic E-state index is 14.2. The molecule has 0 bridgehead atoms. The highest BCUT2D eigenvalue weighted by Gasteiger charge is 2.15. The van der Waals surface area contributed by atoms with Crippen molar-refractivity contribution >= 4 is 34.2 Å². The largest absolute Gasteiger partial charge is 0.363 e. The van der Waals surface area contributed by atoms with Crippen LogP contribution in [0.4, 0.5) is 20.7 Å². The predicted molar refractivity (Wildman–Crippen MR) is 126 cm³/mol. The van der Waals surface area contributed by atoms with Crippen molar-refractivity contribution in [1.82, 2.24) is 24.7 Å². The first-order chi connectivity index (χ1) is 16.1. The molecule has 164 valence electrons. The number of carbonyl (C=O) groups excluding carboxylic acids is 1. The van der Waals surface area contributed by atoms with Gasteiger partial charge in [0.15, 0.2) is 11.5 Å². The lowest BCUT2D eigenvalue weighted by Gasteiger charge is -2.12. The fourth-order valence-electron chi connectivity index (χ4n) is 3.63. The minimum Gasteiger partial charge on any atom is -0.363 e. The van der Waals surface area contributed by atoms with Crippen molar-refractivity contribution in [3.63, 3.8) is 0 Å². The van der Waals surface area contributed by atoms with Gasteiger partial charge in [-0.15, -0.1) is 0 Å². The first-order valence-electron chi connectivity index (χ1n) is 10.3. The molecule has 3 N–H and O–H groups in total. The molecule has 0 aliphatic heterocycles. The molecule has 2 aromatic carbocycles. The van der Waals surface area contributed by atoms with Crippen molar-refractivity contribution < 1.29 is 9.18 Å². The van der Waals surface area contributed by atoms with Crippen LogP contribution in [0.3, 0.4) is 0 Å². The van der Waals surface area contributed by atoms with Gasteiger partial charge in [0.1, 0.15) is 5.82 Å². The van der Waals surface area contributed by atoms with E-state index in [1.165, 1.54) is 12.1 Å². The number of rotatable bonds is 5. The molecule has 3 aromatic heterocycles. The summed E-state index contributed by atoms with van der Waals surface area (Å²) in [6.45, 7) is 0.519. The molecule has 5 rings (SSSR count). The zero-order valence-electron chi connectivity index (χ0n) is 17.7. The van der Waals surface area contributed by atoms with Crippen LogP contribution in [0.5, 0.6) is 0 Å². The number of carbonyl (C=O) groups is 1. The van der Waals surface area contributed by atoms with Crippen molar-refractivity contribution in [2.24, 2.45) is 0 Å². The zero-order chi connectivity index (χ0) is 22.8. The lowest BCUT2D eigenvalue weighted by Crippen LogP contribution is -2.24. The molecule has 33 heavy (non-hydrogen) atoms. The number of anilines is 2. The van der Waals surface area contributed by atoms with E-state index in [0.29, 0.717) is 34.7 Å². The van der Waals surface area contributed by atoms with Crippen LogP contribution in [-0.2, 0) is 6.54 Å². The fourth-order valence-corrected chi connectivity index (χ4v) is 3.63. The molecule has 0 unspecified atom stereocenters. The normalized spacial score (nSPS) is 11.0. The Balaban J connectivity index is 1.60. The first kappa shape index (κ1) is 20.4. The highest BCUT2D eigenvalue weighted by atomic mass is 19.1. The monoisotopic (exact) mass is 441 g/mol. The number of nitrogens with zero attached hydrogens (tertiary/aromatic N) is 4. The summed E-state index contributed by atoms with van der Waals surface area (Å²) in [5, 5.41) is 8.58. The average Bonchev–Trinajstić information content (AvgIpc) is 3.29. The summed E-state index contributed by atoms with van der Waals surface area (Å²) in [6, 6.07) is 15.4. The van der Waals surface area contributed by atoms with E-state index in [0.717, 1.165) is 16.8 Å². The second-order valence-corrected chi connectivity index (χ2v) is 7.39. The standard InChI is InChI=1S/C24H20FN7O/c1-26-24(33)30-18-7-4-16(5-8-18)21-14-29-23-22(28-13-15-3-2-10-27-12-15)31-19-9-6-17(25)11-20(19)32(21)23/h2-12,14H,13H2,1H3,(H,28,31)(H2,26,30,33). The third kappa shape index (κ3) is 4.03. The van der Waals surface area contributed by atoms with E-state index < -0.39 is 0 Å². The number of amides is 2. The molecule has 8 nitrogen and oxygen atoms in total. The van der Waals surface area contributed by atoms with Gasteiger partial charge in [0.05, 0.1) is 22.9 Å². The summed E-state index contributed by atoms with van der Waals surface area (Å²) < 4.78 is 16.0. The second kappa shape index (κ2) is 8.54. The Bertz CT molecular complexity index is 1450. The summed E-state index contributed by atoms with van der Waals surface area (Å²) >= 11 is 0. The van der Waals surface area contributed by atoms with Crippen LogP contribution < -0.4 is 16.0 Å². The van der Waals surface area contributed by atoms with E-state index in [-0.39, 0.29) is 11.8 Å². The fraction of sp³-hybridized carbons (Fsp3) is 0.0833. The number of aromatic nitrogens is 4. The van der Waals surface area contributed by atoms with Gasteiger partial charge < -0.3 is 16.0 Å². The Morgan fingerprint density at radius 1 is 1.09 bits per heavy atom. The molecule has 3 heterocycles. The summed E-state index contributed by atoms with van der Waals surface area (Å²) in [6.07, 6.45) is 5.24. The number of imidazole rings is 1. The number of urea groups is 1. The number of hydrogen-bond acceptors (Lipinski definition) is 5. The van der Waals surface area contributed by atoms with Crippen molar-refractivity contribution in [3.8, 4) is 11.3 Å². The molecule has 0 saturated carbocycles.